The Balaban J connectivity index is 1.37. The van der Waals surface area contributed by atoms with Gasteiger partial charge in [0.25, 0.3) is 11.8 Å². The molecule has 2 amide bonds. The number of hydrogen-bond acceptors (Lipinski definition) is 3. The smallest absolute Gasteiger partial charge is 0.274 e. The van der Waals surface area contributed by atoms with Gasteiger partial charge in [-0.25, -0.2) is 0 Å². The lowest BCUT2D eigenvalue weighted by molar-refractivity contribution is 0.0390. The first-order chi connectivity index (χ1) is 15.2. The Morgan fingerprint density at radius 3 is 2.55 bits per heavy atom. The summed E-state index contributed by atoms with van der Waals surface area (Å²) in [5.41, 5.74) is 2.92. The third kappa shape index (κ3) is 5.15. The van der Waals surface area contributed by atoms with Gasteiger partial charge in [0.05, 0.1) is 0 Å². The second-order valence-corrected chi connectivity index (χ2v) is 8.94. The lowest BCUT2D eigenvalue weighted by atomic mass is 9.78. The molecule has 2 heterocycles. The molecule has 2 fully saturated rings. The van der Waals surface area contributed by atoms with E-state index in [0.29, 0.717) is 28.9 Å². The maximum absolute atomic E-state index is 13.1. The number of likely N-dealkylation sites (tertiary alicyclic amines) is 1. The summed E-state index contributed by atoms with van der Waals surface area (Å²) in [6, 6.07) is 11.4. The molecule has 1 saturated heterocycles. The van der Waals surface area contributed by atoms with Crippen LogP contribution in [0.5, 0.6) is 0 Å². The van der Waals surface area contributed by atoms with Crippen molar-refractivity contribution in [1.29, 1.82) is 0 Å². The zero-order valence-corrected chi connectivity index (χ0v) is 18.5. The zero-order chi connectivity index (χ0) is 21.6. The normalized spacial score (nSPS) is 20.7. The van der Waals surface area contributed by atoms with Crippen LogP contribution in [-0.2, 0) is 6.42 Å². The summed E-state index contributed by atoms with van der Waals surface area (Å²) in [6.45, 7) is 3.02. The number of piperidine rings is 1. The minimum absolute atomic E-state index is 0.124. The first-order valence-electron chi connectivity index (χ1n) is 11.8. The van der Waals surface area contributed by atoms with Crippen molar-refractivity contribution in [2.45, 2.75) is 70.8 Å². The lowest BCUT2D eigenvalue weighted by Gasteiger charge is -2.44. The Hall–Kier alpha value is -2.69. The molecule has 1 aliphatic carbocycles. The largest absolute Gasteiger partial charge is 0.335 e. The summed E-state index contributed by atoms with van der Waals surface area (Å²) in [4.78, 5) is 32.1. The number of hydrogen-bond donors (Lipinski definition) is 1. The van der Waals surface area contributed by atoms with Crippen molar-refractivity contribution in [3.8, 4) is 0 Å². The molecular weight excluding hydrogens is 386 g/mol. The number of nitrogens with zero attached hydrogens (tertiary/aromatic N) is 2. The molecule has 0 unspecified atom stereocenters. The van der Waals surface area contributed by atoms with Gasteiger partial charge in [0.2, 0.25) is 0 Å². The van der Waals surface area contributed by atoms with Crippen LogP contribution in [0.2, 0.25) is 0 Å². The Labute approximate surface area is 185 Å². The maximum Gasteiger partial charge on any atom is 0.274 e. The second kappa shape index (κ2) is 10.1. The fourth-order valence-corrected chi connectivity index (χ4v) is 5.02. The number of carbonyl (C=O) groups is 2. The predicted octanol–water partition coefficient (Wildman–Crippen LogP) is 5.47. The molecule has 1 N–H and O–H groups in total. The molecule has 0 bridgehead atoms. The van der Waals surface area contributed by atoms with E-state index in [9.17, 15) is 9.59 Å². The van der Waals surface area contributed by atoms with E-state index in [2.05, 4.69) is 22.1 Å². The summed E-state index contributed by atoms with van der Waals surface area (Å²) in [6.07, 6.45) is 12.3. The van der Waals surface area contributed by atoms with Crippen LogP contribution in [0.3, 0.4) is 0 Å². The number of fused-ring (bicyclic) bond motifs is 1. The number of benzene rings is 1. The Morgan fingerprint density at radius 2 is 1.81 bits per heavy atom. The summed E-state index contributed by atoms with van der Waals surface area (Å²) < 4.78 is 0. The third-order valence-corrected chi connectivity index (χ3v) is 6.77. The van der Waals surface area contributed by atoms with E-state index in [1.165, 1.54) is 25.7 Å². The van der Waals surface area contributed by atoms with Crippen molar-refractivity contribution in [3.05, 3.63) is 59.4 Å². The Morgan fingerprint density at radius 1 is 1.03 bits per heavy atom. The predicted molar refractivity (Wildman–Crippen MR) is 123 cm³/mol. The van der Waals surface area contributed by atoms with Gasteiger partial charge in [-0.05, 0) is 80.3 Å². The van der Waals surface area contributed by atoms with Crippen LogP contribution in [-0.4, -0.2) is 34.3 Å². The molecule has 4 rings (SSSR count). The van der Waals surface area contributed by atoms with E-state index in [4.69, 9.17) is 0 Å². The molecule has 5 nitrogen and oxygen atoms in total. The lowest BCUT2D eigenvalue weighted by Crippen LogP contribution is -2.49. The number of unbranched alkanes of at least 4 members (excludes halogenated alkanes) is 1. The fourth-order valence-electron chi connectivity index (χ4n) is 5.02. The molecule has 164 valence electrons. The monoisotopic (exact) mass is 419 g/mol. The van der Waals surface area contributed by atoms with E-state index in [-0.39, 0.29) is 11.8 Å². The van der Waals surface area contributed by atoms with Gasteiger partial charge in [-0.1, -0.05) is 32.3 Å². The van der Waals surface area contributed by atoms with Gasteiger partial charge in [-0.3, -0.25) is 14.6 Å². The molecule has 31 heavy (non-hydrogen) atoms. The van der Waals surface area contributed by atoms with Crippen LogP contribution in [0.15, 0.2) is 42.6 Å². The summed E-state index contributed by atoms with van der Waals surface area (Å²) in [5, 5.41) is 2.89. The van der Waals surface area contributed by atoms with Crippen LogP contribution in [0.4, 0.5) is 5.69 Å². The van der Waals surface area contributed by atoms with Crippen LogP contribution in [0, 0.1) is 5.92 Å². The molecule has 2 aliphatic rings. The molecule has 1 saturated carbocycles. The van der Waals surface area contributed by atoms with Crippen molar-refractivity contribution in [3.63, 3.8) is 0 Å². The van der Waals surface area contributed by atoms with Crippen molar-refractivity contribution >= 4 is 17.5 Å². The third-order valence-electron chi connectivity index (χ3n) is 6.77. The Bertz CT molecular complexity index is 890. The van der Waals surface area contributed by atoms with Crippen LogP contribution in [0.25, 0.3) is 0 Å². The van der Waals surface area contributed by atoms with E-state index < -0.39 is 0 Å². The number of anilines is 1. The quantitative estimate of drug-likeness (QED) is 0.675. The number of rotatable bonds is 6. The highest BCUT2D eigenvalue weighted by Crippen LogP contribution is 2.36. The number of aromatic nitrogens is 1. The van der Waals surface area contributed by atoms with E-state index in [1.807, 2.05) is 30.3 Å². The van der Waals surface area contributed by atoms with Crippen molar-refractivity contribution < 1.29 is 9.59 Å². The average molecular weight is 420 g/mol. The molecule has 0 spiro atoms. The number of aryl methyl sites for hydroxylation is 1. The first kappa shape index (κ1) is 21.5. The number of nitrogens with one attached hydrogen (secondary N) is 1. The number of pyridine rings is 1. The van der Waals surface area contributed by atoms with E-state index >= 15 is 0 Å². The standard InChI is InChI=1S/C26H33N3O2/c1-2-3-7-19-11-16-23(27-18-19)25(30)28-22-14-12-21(13-15-22)26(31)29-17-6-9-20-8-4-5-10-24(20)29/h11-16,18,20,24H,2-10,17H2,1H3,(H,28,30)/t20-,24-/m0/s1. The molecular formula is C26H33N3O2. The highest BCUT2D eigenvalue weighted by molar-refractivity contribution is 6.03. The maximum atomic E-state index is 13.1. The van der Waals surface area contributed by atoms with Gasteiger partial charge >= 0.3 is 0 Å². The van der Waals surface area contributed by atoms with E-state index in [1.54, 1.807) is 12.3 Å². The van der Waals surface area contributed by atoms with Crippen molar-refractivity contribution in [2.75, 3.05) is 11.9 Å². The summed E-state index contributed by atoms with van der Waals surface area (Å²) in [5.74, 6) is 0.562. The highest BCUT2D eigenvalue weighted by Gasteiger charge is 2.35. The molecule has 1 aromatic heterocycles. The fraction of sp³-hybridized carbons (Fsp3) is 0.500. The molecule has 2 atom stereocenters. The van der Waals surface area contributed by atoms with Gasteiger partial charge in [0, 0.05) is 30.0 Å². The molecule has 2 aromatic rings. The molecule has 5 heteroatoms. The molecule has 1 aliphatic heterocycles. The Kier molecular flexibility index (Phi) is 7.00. The minimum atomic E-state index is -0.234. The van der Waals surface area contributed by atoms with Gasteiger partial charge < -0.3 is 10.2 Å². The zero-order valence-electron chi connectivity index (χ0n) is 18.5. The topological polar surface area (TPSA) is 62.3 Å². The SMILES string of the molecule is CCCCc1ccc(C(=O)Nc2ccc(C(=O)N3CCC[C@@H]4CCCC[C@@H]43)cc2)nc1. The molecule has 0 radical (unpaired) electrons. The summed E-state index contributed by atoms with van der Waals surface area (Å²) >= 11 is 0. The highest BCUT2D eigenvalue weighted by atomic mass is 16.2. The first-order valence-corrected chi connectivity index (χ1v) is 11.8. The second-order valence-electron chi connectivity index (χ2n) is 8.94. The van der Waals surface area contributed by atoms with Crippen LogP contribution >= 0.6 is 0 Å². The summed E-state index contributed by atoms with van der Waals surface area (Å²) in [7, 11) is 0. The average Bonchev–Trinajstić information content (AvgIpc) is 2.82. The molecule has 1 aromatic carbocycles. The van der Waals surface area contributed by atoms with Crippen molar-refractivity contribution in [1.82, 2.24) is 9.88 Å². The van der Waals surface area contributed by atoms with Crippen molar-refractivity contribution in [2.24, 2.45) is 5.92 Å². The minimum Gasteiger partial charge on any atom is -0.335 e. The van der Waals surface area contributed by atoms with Gasteiger partial charge in [0.1, 0.15) is 5.69 Å². The number of amides is 2. The number of carbonyl (C=O) groups excluding carboxylic acids is 2. The van der Waals surface area contributed by atoms with Gasteiger partial charge in [0.15, 0.2) is 0 Å². The van der Waals surface area contributed by atoms with E-state index in [0.717, 1.165) is 44.2 Å². The van der Waals surface area contributed by atoms with Gasteiger partial charge in [-0.2, -0.15) is 0 Å². The van der Waals surface area contributed by atoms with Crippen LogP contribution < -0.4 is 5.32 Å². The van der Waals surface area contributed by atoms with Gasteiger partial charge in [-0.15, -0.1) is 0 Å². The van der Waals surface area contributed by atoms with Crippen LogP contribution in [0.1, 0.15) is 84.7 Å².